The number of hydrogen-bond donors (Lipinski definition) is 0. The van der Waals surface area contributed by atoms with Crippen LogP contribution in [-0.2, 0) is 11.3 Å². The fraction of sp³-hybridized carbons (Fsp3) is 0.435. The summed E-state index contributed by atoms with van der Waals surface area (Å²) in [6.07, 6.45) is 3.55. The van der Waals surface area contributed by atoms with E-state index in [9.17, 15) is 9.59 Å². The van der Waals surface area contributed by atoms with Gasteiger partial charge in [0.25, 0.3) is 5.91 Å². The first-order valence-corrected chi connectivity index (χ1v) is 9.91. The molecule has 2 atom stereocenters. The van der Waals surface area contributed by atoms with E-state index in [1.54, 1.807) is 11.1 Å². The Morgan fingerprint density at radius 2 is 2.04 bits per heavy atom. The standard InChI is InChI=1S/C23H27N3O2/c1-16-7-8-18(12-17(16)2)21(27)26-11-9-23(15-26)13-20(23)22(28)25(3)14-19-6-4-5-10-24-19/h4-8,10,12,20H,9,11,13-15H2,1-3H3/t20-,23+/m0/s1. The first-order chi connectivity index (χ1) is 13.4. The molecule has 1 aromatic heterocycles. The number of amides is 2. The normalized spacial score (nSPS) is 23.1. The van der Waals surface area contributed by atoms with E-state index in [0.717, 1.165) is 36.2 Å². The van der Waals surface area contributed by atoms with Crippen molar-refractivity contribution >= 4 is 11.8 Å². The molecule has 1 saturated heterocycles. The third-order valence-corrected chi connectivity index (χ3v) is 6.42. The Labute approximate surface area is 166 Å². The van der Waals surface area contributed by atoms with Crippen LogP contribution in [-0.4, -0.2) is 46.7 Å². The van der Waals surface area contributed by atoms with Gasteiger partial charge in [0.2, 0.25) is 5.91 Å². The molecule has 1 saturated carbocycles. The van der Waals surface area contributed by atoms with E-state index in [-0.39, 0.29) is 23.1 Å². The maximum Gasteiger partial charge on any atom is 0.253 e. The van der Waals surface area contributed by atoms with Crippen molar-refractivity contribution in [3.8, 4) is 0 Å². The van der Waals surface area contributed by atoms with Crippen molar-refractivity contribution in [1.82, 2.24) is 14.8 Å². The molecule has 1 aliphatic carbocycles. The molecule has 5 heteroatoms. The number of benzene rings is 1. The summed E-state index contributed by atoms with van der Waals surface area (Å²) in [7, 11) is 1.84. The van der Waals surface area contributed by atoms with Crippen LogP contribution in [0.1, 0.15) is 40.0 Å². The summed E-state index contributed by atoms with van der Waals surface area (Å²) in [5.74, 6) is 0.282. The number of hydrogen-bond acceptors (Lipinski definition) is 3. The summed E-state index contributed by atoms with van der Waals surface area (Å²) < 4.78 is 0. The monoisotopic (exact) mass is 377 g/mol. The van der Waals surface area contributed by atoms with Gasteiger partial charge in [0.1, 0.15) is 0 Å². The van der Waals surface area contributed by atoms with Gasteiger partial charge in [0, 0.05) is 43.2 Å². The lowest BCUT2D eigenvalue weighted by Crippen LogP contribution is -2.32. The van der Waals surface area contributed by atoms with Crippen LogP contribution in [0, 0.1) is 25.2 Å². The molecular weight excluding hydrogens is 350 g/mol. The molecule has 28 heavy (non-hydrogen) atoms. The van der Waals surface area contributed by atoms with E-state index in [0.29, 0.717) is 13.1 Å². The molecular formula is C23H27N3O2. The molecule has 2 heterocycles. The van der Waals surface area contributed by atoms with E-state index in [2.05, 4.69) is 11.9 Å². The van der Waals surface area contributed by atoms with E-state index in [4.69, 9.17) is 0 Å². The lowest BCUT2D eigenvalue weighted by molar-refractivity contribution is -0.132. The second kappa shape index (κ2) is 7.04. The van der Waals surface area contributed by atoms with Crippen molar-refractivity contribution in [2.75, 3.05) is 20.1 Å². The van der Waals surface area contributed by atoms with Crippen molar-refractivity contribution in [2.24, 2.45) is 11.3 Å². The molecule has 2 fully saturated rings. The molecule has 4 rings (SSSR count). The summed E-state index contributed by atoms with van der Waals surface area (Å²) in [4.78, 5) is 33.8. The van der Waals surface area contributed by atoms with Gasteiger partial charge in [-0.3, -0.25) is 14.6 Å². The number of aromatic nitrogens is 1. The summed E-state index contributed by atoms with van der Waals surface area (Å²) in [5.41, 5.74) is 3.95. The Morgan fingerprint density at radius 1 is 1.21 bits per heavy atom. The molecule has 1 aliphatic heterocycles. The highest BCUT2D eigenvalue weighted by Crippen LogP contribution is 2.59. The van der Waals surface area contributed by atoms with Gasteiger partial charge in [0.15, 0.2) is 0 Å². The van der Waals surface area contributed by atoms with Crippen LogP contribution in [0.25, 0.3) is 0 Å². The number of rotatable bonds is 4. The SMILES string of the molecule is Cc1ccc(C(=O)N2CC[C@@]3(C[C@H]3C(=O)N(C)Cc3ccccn3)C2)cc1C. The molecule has 0 radical (unpaired) electrons. The minimum absolute atomic E-state index is 0.0230. The zero-order valence-electron chi connectivity index (χ0n) is 16.8. The van der Waals surface area contributed by atoms with E-state index < -0.39 is 0 Å². The Hall–Kier alpha value is -2.69. The molecule has 1 aromatic carbocycles. The molecule has 2 amide bonds. The van der Waals surface area contributed by atoms with Gasteiger partial charge in [-0.2, -0.15) is 0 Å². The molecule has 2 aromatic rings. The zero-order chi connectivity index (χ0) is 19.9. The first kappa shape index (κ1) is 18.7. The average molecular weight is 377 g/mol. The van der Waals surface area contributed by atoms with E-state index in [1.165, 1.54) is 5.56 Å². The van der Waals surface area contributed by atoms with Crippen LogP contribution in [0.15, 0.2) is 42.6 Å². The van der Waals surface area contributed by atoms with Gasteiger partial charge >= 0.3 is 0 Å². The molecule has 2 aliphatic rings. The third-order valence-electron chi connectivity index (χ3n) is 6.42. The fourth-order valence-electron chi connectivity index (χ4n) is 4.35. The number of carbonyl (C=O) groups excluding carboxylic acids is 2. The van der Waals surface area contributed by atoms with Crippen LogP contribution in [0.3, 0.4) is 0 Å². The van der Waals surface area contributed by atoms with Crippen LogP contribution >= 0.6 is 0 Å². The molecule has 0 N–H and O–H groups in total. The topological polar surface area (TPSA) is 53.5 Å². The number of nitrogens with zero attached hydrogens (tertiary/aromatic N) is 3. The highest BCUT2D eigenvalue weighted by atomic mass is 16.2. The van der Waals surface area contributed by atoms with Crippen LogP contribution in [0.4, 0.5) is 0 Å². The highest BCUT2D eigenvalue weighted by molar-refractivity contribution is 5.95. The van der Waals surface area contributed by atoms with Crippen LogP contribution in [0.2, 0.25) is 0 Å². The lowest BCUT2D eigenvalue weighted by atomic mass is 10.0. The third kappa shape index (κ3) is 3.41. The van der Waals surface area contributed by atoms with Crippen molar-refractivity contribution < 1.29 is 9.59 Å². The Kier molecular flexibility index (Phi) is 4.69. The maximum absolute atomic E-state index is 12.9. The second-order valence-corrected chi connectivity index (χ2v) is 8.41. The molecule has 0 unspecified atom stereocenters. The number of carbonyl (C=O) groups is 2. The largest absolute Gasteiger partial charge is 0.340 e. The van der Waals surface area contributed by atoms with Crippen molar-refractivity contribution in [1.29, 1.82) is 0 Å². The Morgan fingerprint density at radius 3 is 2.75 bits per heavy atom. The minimum Gasteiger partial charge on any atom is -0.340 e. The van der Waals surface area contributed by atoms with Crippen LogP contribution < -0.4 is 0 Å². The quantitative estimate of drug-likeness (QED) is 0.822. The fourth-order valence-corrected chi connectivity index (χ4v) is 4.35. The van der Waals surface area contributed by atoms with Gasteiger partial charge < -0.3 is 9.80 Å². The Balaban J connectivity index is 1.38. The molecule has 1 spiro atoms. The zero-order valence-corrected chi connectivity index (χ0v) is 16.8. The maximum atomic E-state index is 12.9. The summed E-state index contributed by atoms with van der Waals surface area (Å²) in [6, 6.07) is 11.6. The summed E-state index contributed by atoms with van der Waals surface area (Å²) in [6.45, 7) is 6.03. The number of pyridine rings is 1. The van der Waals surface area contributed by atoms with Gasteiger partial charge in [-0.05, 0) is 62.1 Å². The second-order valence-electron chi connectivity index (χ2n) is 8.41. The smallest absolute Gasteiger partial charge is 0.253 e. The van der Waals surface area contributed by atoms with Crippen molar-refractivity contribution in [3.05, 3.63) is 65.0 Å². The molecule has 5 nitrogen and oxygen atoms in total. The van der Waals surface area contributed by atoms with Crippen LogP contribution in [0.5, 0.6) is 0 Å². The van der Waals surface area contributed by atoms with Crippen molar-refractivity contribution in [2.45, 2.75) is 33.2 Å². The van der Waals surface area contributed by atoms with E-state index in [1.807, 2.05) is 55.3 Å². The Bertz CT molecular complexity index is 911. The van der Waals surface area contributed by atoms with Crippen molar-refractivity contribution in [3.63, 3.8) is 0 Å². The predicted octanol–water partition coefficient (Wildman–Crippen LogP) is 3.21. The van der Waals surface area contributed by atoms with E-state index >= 15 is 0 Å². The van der Waals surface area contributed by atoms with Gasteiger partial charge in [-0.1, -0.05) is 12.1 Å². The summed E-state index contributed by atoms with van der Waals surface area (Å²) >= 11 is 0. The van der Waals surface area contributed by atoms with Gasteiger partial charge in [-0.15, -0.1) is 0 Å². The number of aryl methyl sites for hydroxylation is 2. The highest BCUT2D eigenvalue weighted by Gasteiger charge is 2.61. The minimum atomic E-state index is -0.0230. The van der Waals surface area contributed by atoms with Gasteiger partial charge in [-0.25, -0.2) is 0 Å². The predicted molar refractivity (Wildman–Crippen MR) is 108 cm³/mol. The lowest BCUT2D eigenvalue weighted by Gasteiger charge is -2.20. The number of likely N-dealkylation sites (tertiary alicyclic amines) is 1. The average Bonchev–Trinajstić information content (AvgIpc) is 3.22. The molecule has 0 bridgehead atoms. The van der Waals surface area contributed by atoms with Gasteiger partial charge in [0.05, 0.1) is 12.2 Å². The molecule has 146 valence electrons. The summed E-state index contributed by atoms with van der Waals surface area (Å²) in [5, 5.41) is 0. The first-order valence-electron chi connectivity index (χ1n) is 9.91.